The fourth-order valence-electron chi connectivity index (χ4n) is 2.29. The molecular weight excluding hydrogens is 316 g/mol. The largest absolute Gasteiger partial charge is 0.495 e. The molecule has 0 unspecified atom stereocenters. The fraction of sp³-hybridized carbons (Fsp3) is 0.188. The van der Waals surface area contributed by atoms with Crippen molar-refractivity contribution in [2.24, 2.45) is 5.73 Å². The normalized spacial score (nSPS) is 11.1. The van der Waals surface area contributed by atoms with Crippen molar-refractivity contribution in [1.82, 2.24) is 0 Å². The second-order valence-electron chi connectivity index (χ2n) is 5.16. The van der Waals surface area contributed by atoms with Gasteiger partial charge in [0.1, 0.15) is 10.6 Å². The monoisotopic (exact) mass is 334 g/mol. The van der Waals surface area contributed by atoms with E-state index < -0.39 is 15.9 Å². The van der Waals surface area contributed by atoms with Crippen LogP contribution in [-0.4, -0.2) is 21.4 Å². The Bertz CT molecular complexity index is 843. The van der Waals surface area contributed by atoms with E-state index in [1.165, 1.54) is 31.4 Å². The van der Waals surface area contributed by atoms with Crippen molar-refractivity contribution in [1.29, 1.82) is 0 Å². The first-order valence-corrected chi connectivity index (χ1v) is 8.31. The van der Waals surface area contributed by atoms with Gasteiger partial charge in [-0.2, -0.15) is 0 Å². The fourth-order valence-corrected chi connectivity index (χ4v) is 3.68. The van der Waals surface area contributed by atoms with Gasteiger partial charge in [0.15, 0.2) is 0 Å². The number of rotatable bonds is 5. The van der Waals surface area contributed by atoms with E-state index in [9.17, 15) is 13.2 Å². The van der Waals surface area contributed by atoms with Crippen LogP contribution in [0.4, 0.5) is 5.69 Å². The van der Waals surface area contributed by atoms with Crippen molar-refractivity contribution in [3.63, 3.8) is 0 Å². The zero-order valence-electron chi connectivity index (χ0n) is 13.1. The van der Waals surface area contributed by atoms with Gasteiger partial charge in [-0.1, -0.05) is 6.07 Å². The number of hydrogen-bond donors (Lipinski definition) is 2. The van der Waals surface area contributed by atoms with Crippen LogP contribution in [0.3, 0.4) is 0 Å². The molecule has 2 aromatic rings. The number of benzene rings is 2. The first-order chi connectivity index (χ1) is 10.7. The summed E-state index contributed by atoms with van der Waals surface area (Å²) in [5.74, 6) is -0.271. The summed E-state index contributed by atoms with van der Waals surface area (Å²) < 4.78 is 32.9. The molecule has 0 aliphatic heterocycles. The summed E-state index contributed by atoms with van der Waals surface area (Å²) in [5.41, 5.74) is 7.34. The highest BCUT2D eigenvalue weighted by atomic mass is 32.2. The highest BCUT2D eigenvalue weighted by Crippen LogP contribution is 2.30. The molecule has 0 radical (unpaired) electrons. The van der Waals surface area contributed by atoms with E-state index >= 15 is 0 Å². The zero-order valence-corrected chi connectivity index (χ0v) is 13.9. The first-order valence-electron chi connectivity index (χ1n) is 6.82. The van der Waals surface area contributed by atoms with Crippen LogP contribution < -0.4 is 15.2 Å². The lowest BCUT2D eigenvalue weighted by atomic mass is 10.1. The van der Waals surface area contributed by atoms with Gasteiger partial charge < -0.3 is 10.5 Å². The number of sulfonamides is 1. The topological polar surface area (TPSA) is 98.5 Å². The second-order valence-corrected chi connectivity index (χ2v) is 6.81. The zero-order chi connectivity index (χ0) is 17.2. The third-order valence-corrected chi connectivity index (χ3v) is 4.69. The van der Waals surface area contributed by atoms with E-state index in [-0.39, 0.29) is 4.90 Å². The number of nitrogens with two attached hydrogens (primary N) is 1. The molecule has 6 nitrogen and oxygen atoms in total. The molecule has 0 fully saturated rings. The Morgan fingerprint density at radius 3 is 2.26 bits per heavy atom. The Morgan fingerprint density at radius 2 is 1.74 bits per heavy atom. The summed E-state index contributed by atoms with van der Waals surface area (Å²) >= 11 is 0. The molecule has 122 valence electrons. The molecule has 0 atom stereocenters. The molecule has 23 heavy (non-hydrogen) atoms. The molecule has 0 spiro atoms. The molecule has 0 bridgehead atoms. The Balaban J connectivity index is 2.41. The maximum atomic E-state index is 12.6. The predicted octanol–water partition coefficient (Wildman–Crippen LogP) is 2.21. The molecule has 0 saturated heterocycles. The maximum absolute atomic E-state index is 12.6. The number of methoxy groups -OCH3 is 1. The minimum absolute atomic E-state index is 0.0662. The van der Waals surface area contributed by atoms with Gasteiger partial charge in [-0.3, -0.25) is 9.52 Å². The summed E-state index contributed by atoms with van der Waals surface area (Å²) in [4.78, 5) is 11.1. The van der Waals surface area contributed by atoms with Gasteiger partial charge in [0.25, 0.3) is 10.0 Å². The average molecular weight is 334 g/mol. The standard InChI is InChI=1S/C16H18N2O4S/c1-10-8-11(2)15(22-3)14(9-10)23(20,21)18-13-6-4-12(5-7-13)16(17)19/h4-9,18H,1-3H3,(H2,17,19). The molecule has 0 heterocycles. The molecule has 0 aromatic heterocycles. The molecule has 7 heteroatoms. The van der Waals surface area contributed by atoms with Crippen LogP contribution >= 0.6 is 0 Å². The van der Waals surface area contributed by atoms with E-state index in [2.05, 4.69) is 4.72 Å². The number of carbonyl (C=O) groups excluding carboxylic acids is 1. The second kappa shape index (κ2) is 6.29. The van der Waals surface area contributed by atoms with E-state index in [1.807, 2.05) is 13.0 Å². The van der Waals surface area contributed by atoms with Crippen LogP contribution in [0.2, 0.25) is 0 Å². The SMILES string of the molecule is COc1c(C)cc(C)cc1S(=O)(=O)Nc1ccc(C(N)=O)cc1. The number of aryl methyl sites for hydroxylation is 2. The number of amides is 1. The molecule has 0 aliphatic rings. The van der Waals surface area contributed by atoms with Gasteiger partial charge in [-0.15, -0.1) is 0 Å². The summed E-state index contributed by atoms with van der Waals surface area (Å²) in [5, 5.41) is 0. The molecule has 0 saturated carbocycles. The quantitative estimate of drug-likeness (QED) is 0.876. The number of carbonyl (C=O) groups is 1. The average Bonchev–Trinajstić information content (AvgIpc) is 2.46. The lowest BCUT2D eigenvalue weighted by molar-refractivity contribution is 0.100. The maximum Gasteiger partial charge on any atom is 0.265 e. The van der Waals surface area contributed by atoms with Crippen LogP contribution in [0, 0.1) is 13.8 Å². The third kappa shape index (κ3) is 3.62. The van der Waals surface area contributed by atoms with Crippen molar-refractivity contribution in [2.45, 2.75) is 18.7 Å². The summed E-state index contributed by atoms with van der Waals surface area (Å²) in [7, 11) is -2.40. The lowest BCUT2D eigenvalue weighted by Crippen LogP contribution is -2.15. The molecule has 3 N–H and O–H groups in total. The van der Waals surface area contributed by atoms with Crippen molar-refractivity contribution < 1.29 is 17.9 Å². The van der Waals surface area contributed by atoms with Crippen LogP contribution in [0.25, 0.3) is 0 Å². The van der Waals surface area contributed by atoms with Crippen molar-refractivity contribution in [2.75, 3.05) is 11.8 Å². The number of anilines is 1. The van der Waals surface area contributed by atoms with Crippen LogP contribution in [-0.2, 0) is 10.0 Å². The lowest BCUT2D eigenvalue weighted by Gasteiger charge is -2.14. The Hall–Kier alpha value is -2.54. The summed E-state index contributed by atoms with van der Waals surface area (Å²) in [6.07, 6.45) is 0. The van der Waals surface area contributed by atoms with Gasteiger partial charge in [-0.05, 0) is 55.3 Å². The Kier molecular flexibility index (Phi) is 4.60. The molecule has 1 amide bonds. The summed E-state index contributed by atoms with van der Waals surface area (Å²) in [6.45, 7) is 3.60. The van der Waals surface area contributed by atoms with Crippen molar-refractivity contribution >= 4 is 21.6 Å². The molecular formula is C16H18N2O4S. The van der Waals surface area contributed by atoms with Gasteiger partial charge in [0.05, 0.1) is 7.11 Å². The number of nitrogens with one attached hydrogen (secondary N) is 1. The van der Waals surface area contributed by atoms with E-state index in [1.54, 1.807) is 13.0 Å². The van der Waals surface area contributed by atoms with Gasteiger partial charge >= 0.3 is 0 Å². The Morgan fingerprint density at radius 1 is 1.13 bits per heavy atom. The smallest absolute Gasteiger partial charge is 0.265 e. The number of primary amides is 1. The molecule has 0 aliphatic carbocycles. The number of hydrogen-bond acceptors (Lipinski definition) is 4. The third-order valence-electron chi connectivity index (χ3n) is 3.30. The van der Waals surface area contributed by atoms with Gasteiger partial charge in [0.2, 0.25) is 5.91 Å². The van der Waals surface area contributed by atoms with Crippen molar-refractivity contribution in [3.05, 3.63) is 53.1 Å². The highest BCUT2D eigenvalue weighted by molar-refractivity contribution is 7.92. The predicted molar refractivity (Wildman–Crippen MR) is 88.2 cm³/mol. The van der Waals surface area contributed by atoms with Crippen molar-refractivity contribution in [3.8, 4) is 5.75 Å². The first kappa shape index (κ1) is 16.8. The molecule has 2 rings (SSSR count). The van der Waals surface area contributed by atoms with Gasteiger partial charge in [0, 0.05) is 11.3 Å². The molecule has 2 aromatic carbocycles. The van der Waals surface area contributed by atoms with Crippen LogP contribution in [0.15, 0.2) is 41.3 Å². The van der Waals surface area contributed by atoms with E-state index in [4.69, 9.17) is 10.5 Å². The highest BCUT2D eigenvalue weighted by Gasteiger charge is 2.21. The minimum atomic E-state index is -3.83. The van der Waals surface area contributed by atoms with Crippen LogP contribution in [0.1, 0.15) is 21.5 Å². The summed E-state index contributed by atoms with van der Waals surface area (Å²) in [6, 6.07) is 9.27. The minimum Gasteiger partial charge on any atom is -0.495 e. The number of ether oxygens (including phenoxy) is 1. The van der Waals surface area contributed by atoms with Gasteiger partial charge in [-0.25, -0.2) is 8.42 Å². The van der Waals surface area contributed by atoms with Crippen LogP contribution in [0.5, 0.6) is 5.75 Å². The Labute approximate surface area is 135 Å². The van der Waals surface area contributed by atoms with E-state index in [0.717, 1.165) is 11.1 Å². The van der Waals surface area contributed by atoms with E-state index in [0.29, 0.717) is 17.0 Å².